The Bertz CT molecular complexity index is 495. The molecule has 0 bridgehead atoms. The molecular weight excluding hydrogens is 252 g/mol. The van der Waals surface area contributed by atoms with Gasteiger partial charge < -0.3 is 5.73 Å². The molecule has 0 aliphatic heterocycles. The number of aryl methyl sites for hydroxylation is 1. The largest absolute Gasteiger partial charge is 0.326 e. The van der Waals surface area contributed by atoms with Crippen molar-refractivity contribution in [2.75, 3.05) is 13.6 Å². The summed E-state index contributed by atoms with van der Waals surface area (Å²) in [7, 11) is -1.98. The van der Waals surface area contributed by atoms with E-state index in [4.69, 9.17) is 5.73 Å². The first-order valence-corrected chi connectivity index (χ1v) is 7.48. The van der Waals surface area contributed by atoms with Crippen LogP contribution < -0.4 is 5.73 Å². The van der Waals surface area contributed by atoms with Crippen molar-refractivity contribution in [2.45, 2.75) is 38.8 Å². The molecule has 1 rings (SSSR count). The summed E-state index contributed by atoms with van der Waals surface area (Å²) < 4.78 is 26.1. The second-order valence-electron chi connectivity index (χ2n) is 4.64. The van der Waals surface area contributed by atoms with Gasteiger partial charge in [0.05, 0.1) is 0 Å². The Hall–Kier alpha value is -0.920. The van der Waals surface area contributed by atoms with Crippen molar-refractivity contribution < 1.29 is 8.42 Å². The average Bonchev–Trinajstić information content (AvgIpc) is 2.70. The van der Waals surface area contributed by atoms with Gasteiger partial charge in [-0.3, -0.25) is 5.10 Å². The number of aromatic amines is 1. The first-order valence-electron chi connectivity index (χ1n) is 6.04. The van der Waals surface area contributed by atoms with E-state index in [-0.39, 0.29) is 11.6 Å². The second-order valence-corrected chi connectivity index (χ2v) is 6.60. The Morgan fingerprint density at radius 2 is 2.11 bits per heavy atom. The summed E-state index contributed by atoms with van der Waals surface area (Å²) in [4.78, 5) is 0. The predicted octanol–water partition coefficient (Wildman–Crippen LogP) is 0.843. The van der Waals surface area contributed by atoms with E-state index in [1.54, 1.807) is 14.0 Å². The Kier molecular flexibility index (Phi) is 4.89. The number of hydrogen-bond donors (Lipinski definition) is 2. The van der Waals surface area contributed by atoms with Crippen LogP contribution in [-0.4, -0.2) is 36.5 Å². The number of sulfonamides is 1. The molecule has 1 aromatic heterocycles. The maximum Gasteiger partial charge on any atom is 0.262 e. The summed E-state index contributed by atoms with van der Waals surface area (Å²) in [6, 6.07) is 0. The molecule has 0 aromatic carbocycles. The molecule has 104 valence electrons. The van der Waals surface area contributed by atoms with E-state index in [1.165, 1.54) is 4.31 Å². The number of nitrogens with one attached hydrogen (secondary N) is 1. The van der Waals surface area contributed by atoms with E-state index >= 15 is 0 Å². The summed E-state index contributed by atoms with van der Waals surface area (Å²) in [6.45, 7) is 6.46. The van der Waals surface area contributed by atoms with Gasteiger partial charge in [0, 0.05) is 31.4 Å². The quantitative estimate of drug-likeness (QED) is 0.804. The van der Waals surface area contributed by atoms with Gasteiger partial charge in [0.15, 0.2) is 5.03 Å². The monoisotopic (exact) mass is 274 g/mol. The molecular formula is C11H22N4O2S. The molecule has 6 nitrogen and oxygen atoms in total. The maximum absolute atomic E-state index is 12.4. The van der Waals surface area contributed by atoms with Gasteiger partial charge in [0.25, 0.3) is 10.0 Å². The minimum absolute atomic E-state index is 0.0494. The van der Waals surface area contributed by atoms with Crippen molar-refractivity contribution in [2.24, 2.45) is 11.7 Å². The molecule has 7 heteroatoms. The molecule has 1 atom stereocenters. The van der Waals surface area contributed by atoms with Crippen LogP contribution in [0.4, 0.5) is 0 Å². The fraction of sp³-hybridized carbons (Fsp3) is 0.727. The van der Waals surface area contributed by atoms with Crippen molar-refractivity contribution >= 4 is 10.0 Å². The van der Waals surface area contributed by atoms with Gasteiger partial charge in [-0.25, -0.2) is 8.42 Å². The first kappa shape index (κ1) is 15.1. The number of nitrogens with two attached hydrogens (primary N) is 1. The Morgan fingerprint density at radius 3 is 2.61 bits per heavy atom. The van der Waals surface area contributed by atoms with Gasteiger partial charge in [-0.1, -0.05) is 20.3 Å². The molecule has 3 N–H and O–H groups in total. The zero-order valence-electron chi connectivity index (χ0n) is 11.4. The zero-order chi connectivity index (χ0) is 13.9. The number of rotatable bonds is 6. The molecule has 1 unspecified atom stereocenters. The lowest BCUT2D eigenvalue weighted by molar-refractivity contribution is 0.392. The minimum atomic E-state index is -3.56. The van der Waals surface area contributed by atoms with E-state index in [0.29, 0.717) is 23.7 Å². The molecule has 0 spiro atoms. The van der Waals surface area contributed by atoms with Crippen LogP contribution in [0, 0.1) is 12.8 Å². The number of aromatic nitrogens is 2. The first-order chi connectivity index (χ1) is 8.34. The van der Waals surface area contributed by atoms with E-state index in [0.717, 1.165) is 6.42 Å². The van der Waals surface area contributed by atoms with Crippen LogP contribution >= 0.6 is 0 Å². The van der Waals surface area contributed by atoms with E-state index in [2.05, 4.69) is 10.2 Å². The van der Waals surface area contributed by atoms with Gasteiger partial charge in [-0.05, 0) is 12.8 Å². The third kappa shape index (κ3) is 2.90. The standard InChI is InChI=1S/C11H22N4O2S/c1-5-8(2)7-15(4)18(16,17)11-10(6-12)9(3)13-14-11/h8H,5-7,12H2,1-4H3,(H,13,14). The molecule has 0 amide bonds. The highest BCUT2D eigenvalue weighted by molar-refractivity contribution is 7.89. The van der Waals surface area contributed by atoms with Crippen LogP contribution in [0.2, 0.25) is 0 Å². The fourth-order valence-electron chi connectivity index (χ4n) is 1.70. The Morgan fingerprint density at radius 1 is 1.50 bits per heavy atom. The summed E-state index contributed by atoms with van der Waals surface area (Å²) in [5, 5.41) is 6.61. The van der Waals surface area contributed by atoms with Crippen LogP contribution in [0.3, 0.4) is 0 Å². The molecule has 0 saturated heterocycles. The molecule has 0 aliphatic rings. The minimum Gasteiger partial charge on any atom is -0.326 e. The van der Waals surface area contributed by atoms with Gasteiger partial charge in [-0.15, -0.1) is 0 Å². The lowest BCUT2D eigenvalue weighted by Crippen LogP contribution is -2.32. The third-order valence-corrected chi connectivity index (χ3v) is 4.96. The van der Waals surface area contributed by atoms with E-state index in [1.807, 2.05) is 13.8 Å². The molecule has 0 radical (unpaired) electrons. The molecule has 0 fully saturated rings. The third-order valence-electron chi connectivity index (χ3n) is 3.16. The van der Waals surface area contributed by atoms with Crippen molar-refractivity contribution in [3.8, 4) is 0 Å². The van der Waals surface area contributed by atoms with Crippen molar-refractivity contribution in [1.82, 2.24) is 14.5 Å². The van der Waals surface area contributed by atoms with Crippen molar-refractivity contribution in [1.29, 1.82) is 0 Å². The lowest BCUT2D eigenvalue weighted by atomic mass is 10.1. The van der Waals surface area contributed by atoms with Crippen molar-refractivity contribution in [3.05, 3.63) is 11.3 Å². The lowest BCUT2D eigenvalue weighted by Gasteiger charge is -2.19. The summed E-state index contributed by atoms with van der Waals surface area (Å²) in [5.74, 6) is 0.311. The van der Waals surface area contributed by atoms with Crippen molar-refractivity contribution in [3.63, 3.8) is 0 Å². The topological polar surface area (TPSA) is 92.1 Å². The average molecular weight is 274 g/mol. The normalized spacial score (nSPS) is 14.1. The number of hydrogen-bond acceptors (Lipinski definition) is 4. The van der Waals surface area contributed by atoms with Crippen LogP contribution in [-0.2, 0) is 16.6 Å². The van der Waals surface area contributed by atoms with Gasteiger partial charge in [-0.2, -0.15) is 9.40 Å². The highest BCUT2D eigenvalue weighted by Gasteiger charge is 2.28. The summed E-state index contributed by atoms with van der Waals surface area (Å²) >= 11 is 0. The number of H-pyrrole nitrogens is 1. The highest BCUT2D eigenvalue weighted by Crippen LogP contribution is 2.20. The highest BCUT2D eigenvalue weighted by atomic mass is 32.2. The van der Waals surface area contributed by atoms with Crippen LogP contribution in [0.15, 0.2) is 5.03 Å². The molecule has 1 aromatic rings. The smallest absolute Gasteiger partial charge is 0.262 e. The summed E-state index contributed by atoms with van der Waals surface area (Å²) in [6.07, 6.45) is 0.934. The maximum atomic E-state index is 12.4. The van der Waals surface area contributed by atoms with Gasteiger partial charge in [0.1, 0.15) is 0 Å². The zero-order valence-corrected chi connectivity index (χ0v) is 12.2. The Labute approximate surface area is 109 Å². The SMILES string of the molecule is CCC(C)CN(C)S(=O)(=O)c1n[nH]c(C)c1CN. The van der Waals surface area contributed by atoms with E-state index in [9.17, 15) is 8.42 Å². The van der Waals surface area contributed by atoms with Gasteiger partial charge in [0.2, 0.25) is 0 Å². The molecule has 1 heterocycles. The molecule has 18 heavy (non-hydrogen) atoms. The molecule has 0 saturated carbocycles. The van der Waals surface area contributed by atoms with Gasteiger partial charge >= 0.3 is 0 Å². The van der Waals surface area contributed by atoms with E-state index < -0.39 is 10.0 Å². The predicted molar refractivity (Wildman–Crippen MR) is 70.5 cm³/mol. The van der Waals surface area contributed by atoms with Crippen LogP contribution in [0.5, 0.6) is 0 Å². The second kappa shape index (κ2) is 5.81. The molecule has 0 aliphatic carbocycles. The fourth-order valence-corrected chi connectivity index (χ4v) is 3.15. The van der Waals surface area contributed by atoms with Crippen LogP contribution in [0.25, 0.3) is 0 Å². The Balaban J connectivity index is 3.05. The summed E-state index contributed by atoms with van der Waals surface area (Å²) in [5.41, 5.74) is 6.84. The van der Waals surface area contributed by atoms with Crippen LogP contribution in [0.1, 0.15) is 31.5 Å². The number of nitrogens with zero attached hydrogens (tertiary/aromatic N) is 2.